The molecule has 3 heteroatoms. The number of hydrogen-bond acceptors (Lipinski definition) is 3. The Balaban J connectivity index is 2.35. The van der Waals surface area contributed by atoms with E-state index >= 15 is 0 Å². The molecule has 0 aliphatic heterocycles. The summed E-state index contributed by atoms with van der Waals surface area (Å²) in [5.41, 5.74) is 0.356. The lowest BCUT2D eigenvalue weighted by Crippen LogP contribution is -2.31. The minimum atomic E-state index is -0.0939. The lowest BCUT2D eigenvalue weighted by Gasteiger charge is -2.37. The molecule has 3 nitrogen and oxygen atoms in total. The molecule has 0 bridgehead atoms. The van der Waals surface area contributed by atoms with E-state index in [1.54, 1.807) is 0 Å². The van der Waals surface area contributed by atoms with Crippen molar-refractivity contribution in [3.8, 4) is 0 Å². The molecule has 1 fully saturated rings. The highest BCUT2D eigenvalue weighted by Gasteiger charge is 2.34. The van der Waals surface area contributed by atoms with Crippen LogP contribution in [0.25, 0.3) is 0 Å². The highest BCUT2D eigenvalue weighted by molar-refractivity contribution is 5.72. The molecule has 0 saturated heterocycles. The van der Waals surface area contributed by atoms with Gasteiger partial charge in [0.15, 0.2) is 0 Å². The summed E-state index contributed by atoms with van der Waals surface area (Å²) in [6.07, 6.45) is 6.67. The summed E-state index contributed by atoms with van der Waals surface area (Å²) < 4.78 is 5.23. The van der Waals surface area contributed by atoms with Gasteiger partial charge in [0, 0.05) is 6.42 Å². The fourth-order valence-corrected chi connectivity index (χ4v) is 2.85. The minimum Gasteiger partial charge on any atom is -0.465 e. The summed E-state index contributed by atoms with van der Waals surface area (Å²) in [5, 5.41) is 0. The monoisotopic (exact) mass is 254 g/mol. The van der Waals surface area contributed by atoms with Crippen molar-refractivity contribution in [1.82, 2.24) is 0 Å². The molecule has 0 aromatic carbocycles. The summed E-state index contributed by atoms with van der Waals surface area (Å²) in [7, 11) is 0. The molecule has 1 rings (SSSR count). The molecule has 0 aromatic heterocycles. The zero-order valence-corrected chi connectivity index (χ0v) is 11.9. The highest BCUT2D eigenvalue weighted by atomic mass is 16.5. The van der Waals surface area contributed by atoms with Gasteiger partial charge >= 0.3 is 5.97 Å². The Morgan fingerprint density at radius 1 is 1.50 bits per heavy atom. The third-order valence-corrected chi connectivity index (χ3v) is 4.03. The van der Waals surface area contributed by atoms with Gasteiger partial charge in [0.05, 0.1) is 12.5 Å². The summed E-state index contributed by atoms with van der Waals surface area (Å²) in [5.74, 6) is 0.344. The van der Waals surface area contributed by atoms with Gasteiger partial charge in [-0.25, -0.2) is 0 Å². The maximum absolute atomic E-state index is 11.9. The Morgan fingerprint density at radius 3 is 2.83 bits per heavy atom. The van der Waals surface area contributed by atoms with Gasteiger partial charge < -0.3 is 9.53 Å². The van der Waals surface area contributed by atoms with Crippen LogP contribution >= 0.6 is 0 Å². The molecular weight excluding hydrogens is 228 g/mol. The molecule has 0 N–H and O–H groups in total. The number of aldehydes is 1. The molecule has 0 heterocycles. The first kappa shape index (κ1) is 15.2. The van der Waals surface area contributed by atoms with Crippen LogP contribution in [0, 0.1) is 17.3 Å². The molecule has 104 valence electrons. The fraction of sp³-hybridized carbons (Fsp3) is 0.867. The average Bonchev–Trinajstić information content (AvgIpc) is 2.32. The zero-order valence-electron chi connectivity index (χ0n) is 11.9. The van der Waals surface area contributed by atoms with Crippen LogP contribution in [0.15, 0.2) is 0 Å². The number of unbranched alkanes of at least 4 members (excludes halogenated alkanes) is 1. The van der Waals surface area contributed by atoms with Gasteiger partial charge in [-0.05, 0) is 37.0 Å². The Labute approximate surface area is 110 Å². The number of ether oxygens (including phenoxy) is 1. The van der Waals surface area contributed by atoms with Crippen LogP contribution in [-0.2, 0) is 14.3 Å². The summed E-state index contributed by atoms with van der Waals surface area (Å²) in [6.45, 7) is 6.91. The third kappa shape index (κ3) is 4.79. The molecule has 1 aliphatic rings. The number of hydrogen-bond donors (Lipinski definition) is 0. The van der Waals surface area contributed by atoms with E-state index in [-0.39, 0.29) is 11.9 Å². The maximum atomic E-state index is 11.9. The van der Waals surface area contributed by atoms with Gasteiger partial charge in [-0.15, -0.1) is 0 Å². The second-order valence-corrected chi connectivity index (χ2v) is 6.29. The maximum Gasteiger partial charge on any atom is 0.308 e. The van der Waals surface area contributed by atoms with E-state index in [0.717, 1.165) is 19.1 Å². The molecule has 2 unspecified atom stereocenters. The Hall–Kier alpha value is -0.860. The van der Waals surface area contributed by atoms with Crippen molar-refractivity contribution in [1.29, 1.82) is 0 Å². The standard InChI is InChI=1S/C15H26O3/c1-12(14(17)18-10-5-4-9-16)13-7-6-8-15(2,3)11-13/h9,12-13H,4-8,10-11H2,1-3H3. The minimum absolute atomic E-state index is 0.0131. The van der Waals surface area contributed by atoms with Crippen molar-refractivity contribution in [2.75, 3.05) is 6.61 Å². The lowest BCUT2D eigenvalue weighted by atomic mass is 9.68. The SMILES string of the molecule is CC(C(=O)OCCCC=O)C1CCCC(C)(C)C1. The van der Waals surface area contributed by atoms with E-state index < -0.39 is 0 Å². The molecular formula is C15H26O3. The predicted molar refractivity (Wildman–Crippen MR) is 71.2 cm³/mol. The predicted octanol–water partition coefficient (Wildman–Crippen LogP) is 3.36. The van der Waals surface area contributed by atoms with Crippen molar-refractivity contribution in [3.05, 3.63) is 0 Å². The molecule has 0 spiro atoms. The molecule has 0 radical (unpaired) electrons. The lowest BCUT2D eigenvalue weighted by molar-refractivity contribution is -0.151. The first-order chi connectivity index (χ1) is 8.46. The Bertz CT molecular complexity index is 283. The van der Waals surface area contributed by atoms with Crippen LogP contribution in [0.2, 0.25) is 0 Å². The second-order valence-electron chi connectivity index (χ2n) is 6.29. The van der Waals surface area contributed by atoms with Crippen LogP contribution in [-0.4, -0.2) is 18.9 Å². The number of carbonyl (C=O) groups is 2. The van der Waals surface area contributed by atoms with E-state index in [1.165, 1.54) is 12.8 Å². The summed E-state index contributed by atoms with van der Waals surface area (Å²) in [6, 6.07) is 0. The highest BCUT2D eigenvalue weighted by Crippen LogP contribution is 2.41. The quantitative estimate of drug-likeness (QED) is 0.415. The molecule has 18 heavy (non-hydrogen) atoms. The molecule has 2 atom stereocenters. The third-order valence-electron chi connectivity index (χ3n) is 4.03. The number of esters is 1. The first-order valence-electron chi connectivity index (χ1n) is 7.06. The van der Waals surface area contributed by atoms with Crippen LogP contribution in [0.4, 0.5) is 0 Å². The van der Waals surface area contributed by atoms with E-state index in [2.05, 4.69) is 13.8 Å². The molecule has 1 aliphatic carbocycles. The summed E-state index contributed by atoms with van der Waals surface area (Å²) >= 11 is 0. The fourth-order valence-electron chi connectivity index (χ4n) is 2.85. The van der Waals surface area contributed by atoms with E-state index in [1.807, 2.05) is 6.92 Å². The van der Waals surface area contributed by atoms with Gasteiger partial charge in [0.1, 0.15) is 6.29 Å². The van der Waals surface area contributed by atoms with Crippen LogP contribution in [0.3, 0.4) is 0 Å². The van der Waals surface area contributed by atoms with Gasteiger partial charge in [0.25, 0.3) is 0 Å². The largest absolute Gasteiger partial charge is 0.465 e. The van der Waals surface area contributed by atoms with Crippen LogP contribution < -0.4 is 0 Å². The van der Waals surface area contributed by atoms with Crippen molar-refractivity contribution < 1.29 is 14.3 Å². The van der Waals surface area contributed by atoms with Crippen molar-refractivity contribution in [2.45, 2.75) is 59.3 Å². The van der Waals surface area contributed by atoms with Gasteiger partial charge in [-0.1, -0.05) is 27.2 Å². The van der Waals surface area contributed by atoms with Crippen LogP contribution in [0.5, 0.6) is 0 Å². The molecule has 0 amide bonds. The van der Waals surface area contributed by atoms with Crippen molar-refractivity contribution >= 4 is 12.3 Å². The normalized spacial score (nSPS) is 24.3. The van der Waals surface area contributed by atoms with Gasteiger partial charge in [-0.2, -0.15) is 0 Å². The summed E-state index contributed by atoms with van der Waals surface area (Å²) in [4.78, 5) is 22.1. The topological polar surface area (TPSA) is 43.4 Å². The number of rotatable bonds is 6. The average molecular weight is 254 g/mol. The molecule has 0 aromatic rings. The second kappa shape index (κ2) is 6.91. The first-order valence-corrected chi connectivity index (χ1v) is 7.06. The van der Waals surface area contributed by atoms with Gasteiger partial charge in [-0.3, -0.25) is 4.79 Å². The van der Waals surface area contributed by atoms with Gasteiger partial charge in [0.2, 0.25) is 0 Å². The Morgan fingerprint density at radius 2 is 2.22 bits per heavy atom. The van der Waals surface area contributed by atoms with E-state index in [9.17, 15) is 9.59 Å². The van der Waals surface area contributed by atoms with E-state index in [4.69, 9.17) is 4.74 Å². The Kier molecular flexibility index (Phi) is 5.83. The smallest absolute Gasteiger partial charge is 0.308 e. The molecule has 1 saturated carbocycles. The van der Waals surface area contributed by atoms with Crippen LogP contribution in [0.1, 0.15) is 59.3 Å². The van der Waals surface area contributed by atoms with E-state index in [0.29, 0.717) is 30.8 Å². The van der Waals surface area contributed by atoms with Crippen molar-refractivity contribution in [3.63, 3.8) is 0 Å². The zero-order chi connectivity index (χ0) is 13.6. The van der Waals surface area contributed by atoms with Crippen molar-refractivity contribution in [2.24, 2.45) is 17.3 Å². The number of carbonyl (C=O) groups excluding carboxylic acids is 2.